The predicted molar refractivity (Wildman–Crippen MR) is 163 cm³/mol. The number of halogens is 2. The van der Waals surface area contributed by atoms with Gasteiger partial charge >= 0.3 is 0 Å². The van der Waals surface area contributed by atoms with Gasteiger partial charge in [0.15, 0.2) is 11.6 Å². The molecule has 0 saturated carbocycles. The summed E-state index contributed by atoms with van der Waals surface area (Å²) < 4.78 is 66.4. The average molecular weight is 618 g/mol. The maximum absolute atomic E-state index is 14.5. The van der Waals surface area contributed by atoms with Gasteiger partial charge in [-0.25, -0.2) is 27.2 Å². The van der Waals surface area contributed by atoms with Crippen LogP contribution in [0, 0.1) is 11.6 Å². The summed E-state index contributed by atoms with van der Waals surface area (Å²) in [5.74, 6) is -0.807. The van der Waals surface area contributed by atoms with Crippen molar-refractivity contribution in [3.05, 3.63) is 84.1 Å². The maximum atomic E-state index is 14.5. The van der Waals surface area contributed by atoms with E-state index in [1.54, 1.807) is 24.3 Å². The summed E-state index contributed by atoms with van der Waals surface area (Å²) >= 11 is 0. The van der Waals surface area contributed by atoms with E-state index in [0.29, 0.717) is 33.2 Å². The lowest BCUT2D eigenvalue weighted by Crippen LogP contribution is -2.25. The average Bonchev–Trinajstić information content (AvgIpc) is 3.62. The molecule has 0 aliphatic heterocycles. The van der Waals surface area contributed by atoms with Crippen LogP contribution < -0.4 is 14.4 Å². The fourth-order valence-electron chi connectivity index (χ4n) is 4.99. The molecule has 44 heavy (non-hydrogen) atoms. The first-order valence-electron chi connectivity index (χ1n) is 13.2. The Hall–Kier alpha value is -5.30. The summed E-state index contributed by atoms with van der Waals surface area (Å²) in [7, 11) is 0.484. The van der Waals surface area contributed by atoms with Gasteiger partial charge in [0, 0.05) is 47.6 Å². The van der Waals surface area contributed by atoms with E-state index < -0.39 is 27.6 Å². The standard InChI is InChI=1S/C31H25F2N5O5S/c1-34-31(39)27-20-12-19(24(38(2)44(4,40)41)14-25(20)43-29(27)16-8-10-17(32)11-9-16)30-35-15-26(42-3)28(37-30)23-13-18-21(33)6-5-7-22(18)36-23/h5-15,36H,1-4H3,(H,34,39). The van der Waals surface area contributed by atoms with Crippen molar-refractivity contribution in [3.63, 3.8) is 0 Å². The molecule has 0 atom stereocenters. The summed E-state index contributed by atoms with van der Waals surface area (Å²) in [6.45, 7) is 0. The third-order valence-electron chi connectivity index (χ3n) is 7.29. The number of methoxy groups -OCH3 is 1. The number of nitrogens with zero attached hydrogens (tertiary/aromatic N) is 3. The third-order valence-corrected chi connectivity index (χ3v) is 8.48. The number of ether oxygens (including phenoxy) is 1. The minimum atomic E-state index is -3.79. The molecule has 0 unspecified atom stereocenters. The van der Waals surface area contributed by atoms with E-state index >= 15 is 0 Å². The molecular formula is C31H25F2N5O5S. The maximum Gasteiger partial charge on any atom is 0.255 e. The molecule has 0 bridgehead atoms. The number of anilines is 1. The van der Waals surface area contributed by atoms with Crippen molar-refractivity contribution in [2.24, 2.45) is 0 Å². The van der Waals surface area contributed by atoms with Crippen molar-refractivity contribution in [3.8, 4) is 39.8 Å². The number of carbonyl (C=O) groups is 1. The molecular weight excluding hydrogens is 592 g/mol. The molecule has 3 heterocycles. The number of sulfonamides is 1. The molecule has 0 spiro atoms. The molecule has 0 fully saturated rings. The number of nitrogens with one attached hydrogen (secondary N) is 2. The number of carbonyl (C=O) groups excluding carboxylic acids is 1. The molecule has 0 aliphatic carbocycles. The minimum Gasteiger partial charge on any atom is -0.493 e. The van der Waals surface area contributed by atoms with Gasteiger partial charge in [0.1, 0.15) is 28.7 Å². The minimum absolute atomic E-state index is 0.0970. The van der Waals surface area contributed by atoms with E-state index in [1.807, 2.05) is 0 Å². The zero-order valence-corrected chi connectivity index (χ0v) is 24.7. The van der Waals surface area contributed by atoms with Crippen molar-refractivity contribution in [1.29, 1.82) is 0 Å². The number of hydrogen-bond donors (Lipinski definition) is 2. The predicted octanol–water partition coefficient (Wildman–Crippen LogP) is 5.75. The number of amides is 1. The Kier molecular flexibility index (Phi) is 7.04. The highest BCUT2D eigenvalue weighted by atomic mass is 32.2. The zero-order chi connectivity index (χ0) is 31.3. The first-order valence-corrected chi connectivity index (χ1v) is 15.1. The summed E-state index contributed by atoms with van der Waals surface area (Å²) in [6, 6.07) is 14.7. The van der Waals surface area contributed by atoms with E-state index in [1.165, 1.54) is 63.8 Å². The smallest absolute Gasteiger partial charge is 0.255 e. The second-order valence-electron chi connectivity index (χ2n) is 9.98. The van der Waals surface area contributed by atoms with Crippen LogP contribution in [0.1, 0.15) is 10.4 Å². The fraction of sp³-hybridized carbons (Fsp3) is 0.129. The van der Waals surface area contributed by atoms with Crippen molar-refractivity contribution in [2.75, 3.05) is 31.8 Å². The van der Waals surface area contributed by atoms with Crippen LogP contribution in [0.2, 0.25) is 0 Å². The van der Waals surface area contributed by atoms with E-state index in [-0.39, 0.29) is 39.7 Å². The Morgan fingerprint density at radius 1 is 1.07 bits per heavy atom. The molecule has 0 saturated heterocycles. The number of rotatable bonds is 7. The topological polar surface area (TPSA) is 130 Å². The molecule has 13 heteroatoms. The Labute approximate surface area is 250 Å². The SMILES string of the molecule is CNC(=O)c1c(-c2ccc(F)cc2)oc2cc(N(C)S(C)(=O)=O)c(-c3ncc(OC)c(-c4cc5c(F)cccc5[nH]4)n3)cc12. The van der Waals surface area contributed by atoms with Gasteiger partial charge in [-0.15, -0.1) is 0 Å². The first kappa shape index (κ1) is 28.8. The Morgan fingerprint density at radius 3 is 2.48 bits per heavy atom. The molecule has 3 aromatic heterocycles. The lowest BCUT2D eigenvalue weighted by atomic mass is 10.0. The highest BCUT2D eigenvalue weighted by Gasteiger charge is 2.27. The van der Waals surface area contributed by atoms with Crippen molar-refractivity contribution in [2.45, 2.75) is 0 Å². The first-order chi connectivity index (χ1) is 21.0. The van der Waals surface area contributed by atoms with Crippen molar-refractivity contribution >= 4 is 43.5 Å². The van der Waals surface area contributed by atoms with Gasteiger partial charge < -0.3 is 19.5 Å². The van der Waals surface area contributed by atoms with Crippen LogP contribution in [0.25, 0.3) is 56.0 Å². The van der Waals surface area contributed by atoms with Crippen LogP contribution in [0.4, 0.5) is 14.5 Å². The Bertz CT molecular complexity index is 2190. The molecule has 6 rings (SSSR count). The molecule has 10 nitrogen and oxygen atoms in total. The lowest BCUT2D eigenvalue weighted by molar-refractivity contribution is 0.0964. The molecule has 2 N–H and O–H groups in total. The Morgan fingerprint density at radius 2 is 1.82 bits per heavy atom. The number of aromatic amines is 1. The third kappa shape index (κ3) is 4.90. The molecule has 0 radical (unpaired) electrons. The number of furan rings is 1. The van der Waals surface area contributed by atoms with Crippen LogP contribution >= 0.6 is 0 Å². The number of benzene rings is 3. The molecule has 0 aliphatic rings. The van der Waals surface area contributed by atoms with Crippen LogP contribution in [-0.4, -0.2) is 56.7 Å². The van der Waals surface area contributed by atoms with E-state index in [2.05, 4.69) is 15.3 Å². The number of H-pyrrole nitrogens is 1. The molecule has 6 aromatic rings. The second kappa shape index (κ2) is 10.8. The summed E-state index contributed by atoms with van der Waals surface area (Å²) in [4.78, 5) is 25.5. The van der Waals surface area contributed by atoms with Crippen LogP contribution in [0.3, 0.4) is 0 Å². The molecule has 3 aromatic carbocycles. The quantitative estimate of drug-likeness (QED) is 0.233. The van der Waals surface area contributed by atoms with E-state index in [0.717, 1.165) is 10.6 Å². The molecule has 1 amide bonds. The van der Waals surface area contributed by atoms with E-state index in [9.17, 15) is 22.0 Å². The molecule has 224 valence electrons. The largest absolute Gasteiger partial charge is 0.493 e. The highest BCUT2D eigenvalue weighted by molar-refractivity contribution is 7.92. The summed E-state index contributed by atoms with van der Waals surface area (Å²) in [6.07, 6.45) is 2.47. The van der Waals surface area contributed by atoms with Gasteiger partial charge in [0.2, 0.25) is 10.0 Å². The fourth-order valence-corrected chi connectivity index (χ4v) is 5.50. The van der Waals surface area contributed by atoms with Gasteiger partial charge in [0.05, 0.1) is 36.5 Å². The normalized spacial score (nSPS) is 11.7. The lowest BCUT2D eigenvalue weighted by Gasteiger charge is -2.20. The van der Waals surface area contributed by atoms with Crippen molar-refractivity contribution in [1.82, 2.24) is 20.3 Å². The van der Waals surface area contributed by atoms with E-state index in [4.69, 9.17) is 14.1 Å². The number of fused-ring (bicyclic) bond motifs is 2. The Balaban J connectivity index is 1.64. The van der Waals surface area contributed by atoms with Gasteiger partial charge in [-0.2, -0.15) is 0 Å². The van der Waals surface area contributed by atoms with Crippen LogP contribution in [0.15, 0.2) is 71.3 Å². The van der Waals surface area contributed by atoms with Crippen LogP contribution in [-0.2, 0) is 10.0 Å². The highest BCUT2D eigenvalue weighted by Crippen LogP contribution is 2.41. The number of aromatic nitrogens is 3. The zero-order valence-electron chi connectivity index (χ0n) is 23.9. The van der Waals surface area contributed by atoms with Gasteiger partial charge in [-0.1, -0.05) is 6.07 Å². The number of hydrogen-bond acceptors (Lipinski definition) is 7. The summed E-state index contributed by atoms with van der Waals surface area (Å²) in [5.41, 5.74) is 2.51. The van der Waals surface area contributed by atoms with Gasteiger partial charge in [-0.05, 0) is 48.5 Å². The van der Waals surface area contributed by atoms with Crippen LogP contribution in [0.5, 0.6) is 5.75 Å². The van der Waals surface area contributed by atoms with Gasteiger partial charge in [-0.3, -0.25) is 9.10 Å². The van der Waals surface area contributed by atoms with Crippen molar-refractivity contribution < 1.29 is 31.1 Å². The van der Waals surface area contributed by atoms with Gasteiger partial charge in [0.25, 0.3) is 5.91 Å². The summed E-state index contributed by atoms with van der Waals surface area (Å²) in [5, 5.41) is 3.30. The monoisotopic (exact) mass is 617 g/mol. The second-order valence-corrected chi connectivity index (χ2v) is 12.0.